The topological polar surface area (TPSA) is 88.0 Å². The van der Waals surface area contributed by atoms with Crippen LogP contribution in [0.2, 0.25) is 0 Å². The predicted octanol–water partition coefficient (Wildman–Crippen LogP) is 0.490. The number of amides is 2. The summed E-state index contributed by atoms with van der Waals surface area (Å²) < 4.78 is 1.55. The largest absolute Gasteiger partial charge is 0.352 e. The second-order valence-corrected chi connectivity index (χ2v) is 6.56. The average Bonchev–Trinajstić information content (AvgIpc) is 3.18. The number of anilines is 1. The van der Waals surface area contributed by atoms with Gasteiger partial charge in [-0.15, -0.1) is 0 Å². The molecule has 1 atom stereocenters. The van der Waals surface area contributed by atoms with Crippen LogP contribution < -0.4 is 16.0 Å². The predicted molar refractivity (Wildman–Crippen MR) is 82.2 cm³/mol. The summed E-state index contributed by atoms with van der Waals surface area (Å²) in [6.07, 6.45) is 7.30. The van der Waals surface area contributed by atoms with E-state index >= 15 is 0 Å². The summed E-state index contributed by atoms with van der Waals surface area (Å²) in [4.78, 5) is 24.1. The van der Waals surface area contributed by atoms with E-state index < -0.39 is 0 Å². The Balaban J connectivity index is 1.54. The Hall–Kier alpha value is -1.89. The first-order valence-corrected chi connectivity index (χ1v) is 7.89. The molecule has 1 aromatic rings. The maximum Gasteiger partial charge on any atom is 0.241 e. The summed E-state index contributed by atoms with van der Waals surface area (Å²) in [6, 6.07) is 0.348. The van der Waals surface area contributed by atoms with Crippen LogP contribution in [0.3, 0.4) is 0 Å². The van der Waals surface area contributed by atoms with Crippen molar-refractivity contribution in [2.45, 2.75) is 45.2 Å². The molecule has 0 aromatic carbocycles. The molecule has 1 aliphatic carbocycles. The quantitative estimate of drug-likeness (QED) is 0.739. The van der Waals surface area contributed by atoms with Gasteiger partial charge in [0, 0.05) is 18.8 Å². The summed E-state index contributed by atoms with van der Waals surface area (Å²) >= 11 is 0. The van der Waals surface area contributed by atoms with Gasteiger partial charge in [-0.1, -0.05) is 0 Å². The first-order valence-electron chi connectivity index (χ1n) is 7.89. The van der Waals surface area contributed by atoms with Crippen molar-refractivity contribution < 1.29 is 9.59 Å². The highest BCUT2D eigenvalue weighted by Crippen LogP contribution is 2.27. The Morgan fingerprint density at radius 3 is 3.00 bits per heavy atom. The van der Waals surface area contributed by atoms with Crippen LogP contribution in [0.1, 0.15) is 32.6 Å². The molecule has 120 valence electrons. The molecular formula is C15H23N5O2. The third-order valence-electron chi connectivity index (χ3n) is 4.28. The number of aromatic nitrogens is 2. The maximum absolute atomic E-state index is 12.4. The monoisotopic (exact) mass is 305 g/mol. The molecular weight excluding hydrogens is 282 g/mol. The number of rotatable bonds is 5. The van der Waals surface area contributed by atoms with Crippen molar-refractivity contribution >= 4 is 17.5 Å². The SMILES string of the molecule is CC1(C(=O)Nc2cnn(CC(=O)NC3CC3)c2)CCCNC1. The number of hydrogen-bond acceptors (Lipinski definition) is 4. The lowest BCUT2D eigenvalue weighted by molar-refractivity contribution is -0.125. The highest BCUT2D eigenvalue weighted by Gasteiger charge is 2.34. The van der Waals surface area contributed by atoms with E-state index in [1.165, 1.54) is 0 Å². The lowest BCUT2D eigenvalue weighted by Gasteiger charge is -2.32. The number of nitrogens with one attached hydrogen (secondary N) is 3. The number of carbonyl (C=O) groups is 2. The highest BCUT2D eigenvalue weighted by molar-refractivity contribution is 5.95. The summed E-state index contributed by atoms with van der Waals surface area (Å²) in [7, 11) is 0. The van der Waals surface area contributed by atoms with Crippen molar-refractivity contribution in [3.05, 3.63) is 12.4 Å². The van der Waals surface area contributed by atoms with E-state index in [1.54, 1.807) is 17.1 Å². The molecule has 1 aromatic heterocycles. The van der Waals surface area contributed by atoms with Gasteiger partial charge < -0.3 is 16.0 Å². The number of nitrogens with zero attached hydrogens (tertiary/aromatic N) is 2. The molecule has 3 rings (SSSR count). The molecule has 1 saturated heterocycles. The van der Waals surface area contributed by atoms with Crippen molar-refractivity contribution in [2.75, 3.05) is 18.4 Å². The molecule has 1 aliphatic heterocycles. The second kappa shape index (κ2) is 6.08. The molecule has 3 N–H and O–H groups in total. The van der Waals surface area contributed by atoms with E-state index in [0.29, 0.717) is 18.3 Å². The van der Waals surface area contributed by atoms with Crippen LogP contribution in [0, 0.1) is 5.41 Å². The third-order valence-corrected chi connectivity index (χ3v) is 4.28. The Bertz CT molecular complexity index is 558. The van der Waals surface area contributed by atoms with E-state index in [-0.39, 0.29) is 23.8 Å². The van der Waals surface area contributed by atoms with E-state index in [2.05, 4.69) is 21.0 Å². The van der Waals surface area contributed by atoms with Crippen LogP contribution >= 0.6 is 0 Å². The lowest BCUT2D eigenvalue weighted by atomic mass is 9.82. The zero-order chi connectivity index (χ0) is 15.6. The molecule has 7 nitrogen and oxygen atoms in total. The van der Waals surface area contributed by atoms with Gasteiger partial charge in [-0.25, -0.2) is 0 Å². The van der Waals surface area contributed by atoms with Crippen molar-refractivity contribution in [3.8, 4) is 0 Å². The van der Waals surface area contributed by atoms with E-state index in [9.17, 15) is 9.59 Å². The molecule has 22 heavy (non-hydrogen) atoms. The van der Waals surface area contributed by atoms with Crippen molar-refractivity contribution in [3.63, 3.8) is 0 Å². The fourth-order valence-corrected chi connectivity index (χ4v) is 2.69. The Labute approximate surface area is 129 Å². The summed E-state index contributed by atoms with van der Waals surface area (Å²) in [5.74, 6) is -0.0337. The van der Waals surface area contributed by atoms with Crippen molar-refractivity contribution in [2.24, 2.45) is 5.41 Å². The zero-order valence-electron chi connectivity index (χ0n) is 12.9. The lowest BCUT2D eigenvalue weighted by Crippen LogP contribution is -2.45. The van der Waals surface area contributed by atoms with Gasteiger partial charge in [0.05, 0.1) is 17.3 Å². The fraction of sp³-hybridized carbons (Fsp3) is 0.667. The standard InChI is InChI=1S/C15H23N5O2/c1-15(5-2-6-16-10-15)14(22)19-12-7-17-20(8-12)9-13(21)18-11-3-4-11/h7-8,11,16H,2-6,9-10H2,1H3,(H,18,21)(H,19,22). The first kappa shape index (κ1) is 15.0. The second-order valence-electron chi connectivity index (χ2n) is 6.56. The highest BCUT2D eigenvalue weighted by atomic mass is 16.2. The molecule has 1 saturated carbocycles. The maximum atomic E-state index is 12.4. The minimum Gasteiger partial charge on any atom is -0.352 e. The van der Waals surface area contributed by atoms with Crippen molar-refractivity contribution in [1.82, 2.24) is 20.4 Å². The van der Waals surface area contributed by atoms with E-state index in [0.717, 1.165) is 32.2 Å². The summed E-state index contributed by atoms with van der Waals surface area (Å²) in [5, 5.41) is 13.2. The van der Waals surface area contributed by atoms with Crippen LogP contribution in [0.4, 0.5) is 5.69 Å². The molecule has 0 bridgehead atoms. The summed E-state index contributed by atoms with van der Waals surface area (Å²) in [5.41, 5.74) is 0.250. The Morgan fingerprint density at radius 1 is 1.50 bits per heavy atom. The van der Waals surface area contributed by atoms with Crippen LogP contribution in [0.5, 0.6) is 0 Å². The fourth-order valence-electron chi connectivity index (χ4n) is 2.69. The molecule has 7 heteroatoms. The van der Waals surface area contributed by atoms with Gasteiger partial charge in [-0.05, 0) is 39.2 Å². The van der Waals surface area contributed by atoms with Gasteiger partial charge in [0.15, 0.2) is 0 Å². The molecule has 1 unspecified atom stereocenters. The minimum atomic E-state index is -0.385. The van der Waals surface area contributed by atoms with Gasteiger partial charge in [0.1, 0.15) is 6.54 Å². The Kier molecular flexibility index (Phi) is 4.15. The molecule has 0 radical (unpaired) electrons. The zero-order valence-corrected chi connectivity index (χ0v) is 12.9. The molecule has 0 spiro atoms. The molecule has 2 amide bonds. The minimum absolute atomic E-state index is 0.00156. The number of piperidine rings is 1. The van der Waals surface area contributed by atoms with Gasteiger partial charge in [0.25, 0.3) is 0 Å². The smallest absolute Gasteiger partial charge is 0.241 e. The van der Waals surface area contributed by atoms with Gasteiger partial charge >= 0.3 is 0 Å². The van der Waals surface area contributed by atoms with Gasteiger partial charge in [-0.3, -0.25) is 14.3 Å². The molecule has 2 fully saturated rings. The average molecular weight is 305 g/mol. The van der Waals surface area contributed by atoms with E-state index in [4.69, 9.17) is 0 Å². The van der Waals surface area contributed by atoms with E-state index in [1.807, 2.05) is 6.92 Å². The third kappa shape index (κ3) is 3.65. The normalized spacial score (nSPS) is 24.8. The van der Waals surface area contributed by atoms with Gasteiger partial charge in [-0.2, -0.15) is 5.10 Å². The van der Waals surface area contributed by atoms with Gasteiger partial charge in [0.2, 0.25) is 11.8 Å². The summed E-state index contributed by atoms with van der Waals surface area (Å²) in [6.45, 7) is 3.82. The van der Waals surface area contributed by atoms with Crippen LogP contribution in [-0.4, -0.2) is 40.7 Å². The number of hydrogen-bond donors (Lipinski definition) is 3. The molecule has 2 heterocycles. The number of carbonyl (C=O) groups excluding carboxylic acids is 2. The first-order chi connectivity index (χ1) is 10.5. The Morgan fingerprint density at radius 2 is 2.32 bits per heavy atom. The van der Waals surface area contributed by atoms with Crippen LogP contribution in [0.15, 0.2) is 12.4 Å². The van der Waals surface area contributed by atoms with Crippen LogP contribution in [-0.2, 0) is 16.1 Å². The van der Waals surface area contributed by atoms with Crippen LogP contribution in [0.25, 0.3) is 0 Å². The molecule has 2 aliphatic rings. The van der Waals surface area contributed by atoms with Crippen molar-refractivity contribution in [1.29, 1.82) is 0 Å².